The summed E-state index contributed by atoms with van der Waals surface area (Å²) in [6.45, 7) is 3.63. The number of hydrogen-bond donors (Lipinski definition) is 0. The average Bonchev–Trinajstić information content (AvgIpc) is 2.93. The van der Waals surface area contributed by atoms with Crippen LogP contribution in [0.4, 0.5) is 0 Å². The number of amides is 1. The lowest BCUT2D eigenvalue weighted by atomic mass is 10.1. The quantitative estimate of drug-likeness (QED) is 0.770. The second kappa shape index (κ2) is 5.63. The number of aryl methyl sites for hydroxylation is 1. The third-order valence-corrected chi connectivity index (χ3v) is 4.74. The molecular formula is C17H17NOS. The zero-order valence-corrected chi connectivity index (χ0v) is 12.3. The van der Waals surface area contributed by atoms with Gasteiger partial charge in [0.1, 0.15) is 0 Å². The Labute approximate surface area is 123 Å². The van der Waals surface area contributed by atoms with Crippen LogP contribution in [0.1, 0.15) is 21.6 Å². The van der Waals surface area contributed by atoms with Crippen molar-refractivity contribution in [3.05, 3.63) is 63.4 Å². The average molecular weight is 283 g/mol. The molecule has 0 bridgehead atoms. The summed E-state index contributed by atoms with van der Waals surface area (Å²) in [7, 11) is 0. The van der Waals surface area contributed by atoms with Gasteiger partial charge >= 0.3 is 0 Å². The Morgan fingerprint density at radius 3 is 3.00 bits per heavy atom. The Kier molecular flexibility index (Phi) is 3.70. The van der Waals surface area contributed by atoms with Crippen LogP contribution in [0, 0.1) is 6.92 Å². The first kappa shape index (κ1) is 13.1. The van der Waals surface area contributed by atoms with E-state index in [9.17, 15) is 4.79 Å². The smallest absolute Gasteiger partial charge is 0.246 e. The largest absolute Gasteiger partial charge is 0.334 e. The third kappa shape index (κ3) is 2.68. The standard InChI is InChI=1S/C17H17NOS/c1-13-4-2-3-5-14(13)6-7-17(19)18-10-8-16-15(12-18)9-11-20-16/h2-7,9,11H,8,10,12H2,1H3. The summed E-state index contributed by atoms with van der Waals surface area (Å²) in [6, 6.07) is 10.2. The highest BCUT2D eigenvalue weighted by molar-refractivity contribution is 7.10. The summed E-state index contributed by atoms with van der Waals surface area (Å²) in [6.07, 6.45) is 4.59. The molecule has 0 aliphatic carbocycles. The van der Waals surface area contributed by atoms with E-state index in [4.69, 9.17) is 0 Å². The van der Waals surface area contributed by atoms with Gasteiger partial charge in [-0.3, -0.25) is 4.79 Å². The van der Waals surface area contributed by atoms with Crippen LogP contribution in [0.15, 0.2) is 41.8 Å². The molecule has 1 aromatic heterocycles. The molecule has 2 aromatic rings. The Balaban J connectivity index is 1.70. The maximum atomic E-state index is 12.3. The van der Waals surface area contributed by atoms with Crippen LogP contribution in [0.25, 0.3) is 6.08 Å². The summed E-state index contributed by atoms with van der Waals surface area (Å²) >= 11 is 1.80. The minimum absolute atomic E-state index is 0.102. The highest BCUT2D eigenvalue weighted by Crippen LogP contribution is 2.24. The Bertz CT molecular complexity index is 657. The van der Waals surface area contributed by atoms with Gasteiger partial charge < -0.3 is 4.90 Å². The molecule has 3 heteroatoms. The highest BCUT2D eigenvalue weighted by atomic mass is 32.1. The van der Waals surface area contributed by atoms with Gasteiger partial charge in [0.25, 0.3) is 0 Å². The van der Waals surface area contributed by atoms with Crippen molar-refractivity contribution in [1.82, 2.24) is 4.90 Å². The first-order chi connectivity index (χ1) is 9.74. The fourth-order valence-corrected chi connectivity index (χ4v) is 3.37. The topological polar surface area (TPSA) is 20.3 Å². The van der Waals surface area contributed by atoms with Crippen molar-refractivity contribution in [1.29, 1.82) is 0 Å². The van der Waals surface area contributed by atoms with E-state index < -0.39 is 0 Å². The molecule has 0 fully saturated rings. The van der Waals surface area contributed by atoms with Crippen LogP contribution in [0.2, 0.25) is 0 Å². The second-order valence-corrected chi connectivity index (χ2v) is 6.07. The predicted octanol–water partition coefficient (Wildman–Crippen LogP) is 3.65. The molecule has 2 heterocycles. The molecule has 0 atom stereocenters. The van der Waals surface area contributed by atoms with Gasteiger partial charge in [-0.2, -0.15) is 0 Å². The number of thiophene rings is 1. The number of rotatable bonds is 2. The first-order valence-corrected chi connectivity index (χ1v) is 7.70. The van der Waals surface area contributed by atoms with E-state index in [-0.39, 0.29) is 5.91 Å². The Hall–Kier alpha value is -1.87. The molecule has 3 rings (SSSR count). The molecule has 1 aliphatic heterocycles. The van der Waals surface area contributed by atoms with Crippen molar-refractivity contribution in [2.45, 2.75) is 19.9 Å². The van der Waals surface area contributed by atoms with Gasteiger partial charge in [0, 0.05) is 24.0 Å². The lowest BCUT2D eigenvalue weighted by Crippen LogP contribution is -2.34. The molecular weight excluding hydrogens is 266 g/mol. The number of nitrogens with zero attached hydrogens (tertiary/aromatic N) is 1. The van der Waals surface area contributed by atoms with Gasteiger partial charge in [0.15, 0.2) is 0 Å². The zero-order chi connectivity index (χ0) is 13.9. The van der Waals surface area contributed by atoms with Crippen LogP contribution in [-0.4, -0.2) is 17.4 Å². The van der Waals surface area contributed by atoms with Crippen molar-refractivity contribution < 1.29 is 4.79 Å². The van der Waals surface area contributed by atoms with Gasteiger partial charge in [-0.25, -0.2) is 0 Å². The molecule has 2 nitrogen and oxygen atoms in total. The molecule has 1 amide bonds. The van der Waals surface area contributed by atoms with Gasteiger partial charge in [-0.05, 0) is 47.6 Å². The zero-order valence-electron chi connectivity index (χ0n) is 11.5. The normalized spacial score (nSPS) is 14.6. The molecule has 0 unspecified atom stereocenters. The van der Waals surface area contributed by atoms with E-state index >= 15 is 0 Å². The molecule has 0 saturated heterocycles. The van der Waals surface area contributed by atoms with Crippen molar-refractivity contribution in [2.24, 2.45) is 0 Å². The molecule has 0 radical (unpaired) electrons. The summed E-state index contributed by atoms with van der Waals surface area (Å²) in [4.78, 5) is 15.6. The Morgan fingerprint density at radius 2 is 2.15 bits per heavy atom. The fourth-order valence-electron chi connectivity index (χ4n) is 2.48. The van der Waals surface area contributed by atoms with E-state index in [1.807, 2.05) is 29.2 Å². The van der Waals surface area contributed by atoms with Gasteiger partial charge in [0.2, 0.25) is 5.91 Å². The number of fused-ring (bicyclic) bond motifs is 1. The lowest BCUT2D eigenvalue weighted by Gasteiger charge is -2.25. The highest BCUT2D eigenvalue weighted by Gasteiger charge is 2.19. The molecule has 1 aromatic carbocycles. The number of hydrogen-bond acceptors (Lipinski definition) is 2. The minimum atomic E-state index is 0.102. The predicted molar refractivity (Wildman–Crippen MR) is 83.7 cm³/mol. The van der Waals surface area contributed by atoms with Crippen molar-refractivity contribution >= 4 is 23.3 Å². The number of benzene rings is 1. The summed E-state index contributed by atoms with van der Waals surface area (Å²) < 4.78 is 0. The number of carbonyl (C=O) groups excluding carboxylic acids is 1. The molecule has 20 heavy (non-hydrogen) atoms. The van der Waals surface area contributed by atoms with Crippen LogP contribution in [0.5, 0.6) is 0 Å². The van der Waals surface area contributed by atoms with Crippen molar-refractivity contribution in [3.8, 4) is 0 Å². The molecule has 102 valence electrons. The second-order valence-electron chi connectivity index (χ2n) is 5.07. The first-order valence-electron chi connectivity index (χ1n) is 6.82. The van der Waals surface area contributed by atoms with Crippen LogP contribution < -0.4 is 0 Å². The van der Waals surface area contributed by atoms with E-state index in [2.05, 4.69) is 24.4 Å². The summed E-state index contributed by atoms with van der Waals surface area (Å²) in [5.41, 5.74) is 3.60. The van der Waals surface area contributed by atoms with E-state index in [0.29, 0.717) is 0 Å². The van der Waals surface area contributed by atoms with E-state index in [1.54, 1.807) is 17.4 Å². The number of carbonyl (C=O) groups is 1. The van der Waals surface area contributed by atoms with Crippen molar-refractivity contribution in [3.63, 3.8) is 0 Å². The molecule has 0 saturated carbocycles. The molecule has 1 aliphatic rings. The Morgan fingerprint density at radius 1 is 1.30 bits per heavy atom. The monoisotopic (exact) mass is 283 g/mol. The third-order valence-electron chi connectivity index (χ3n) is 3.71. The van der Waals surface area contributed by atoms with Crippen LogP contribution in [0.3, 0.4) is 0 Å². The maximum absolute atomic E-state index is 12.3. The van der Waals surface area contributed by atoms with E-state index in [0.717, 1.165) is 25.1 Å². The lowest BCUT2D eigenvalue weighted by molar-refractivity contribution is -0.126. The van der Waals surface area contributed by atoms with E-state index in [1.165, 1.54) is 16.0 Å². The van der Waals surface area contributed by atoms with Gasteiger partial charge in [-0.1, -0.05) is 24.3 Å². The maximum Gasteiger partial charge on any atom is 0.246 e. The van der Waals surface area contributed by atoms with Gasteiger partial charge in [0.05, 0.1) is 0 Å². The minimum Gasteiger partial charge on any atom is -0.334 e. The van der Waals surface area contributed by atoms with Crippen LogP contribution in [-0.2, 0) is 17.8 Å². The fraction of sp³-hybridized carbons (Fsp3) is 0.235. The summed E-state index contributed by atoms with van der Waals surface area (Å²) in [5, 5.41) is 2.11. The van der Waals surface area contributed by atoms with Gasteiger partial charge in [-0.15, -0.1) is 11.3 Å². The van der Waals surface area contributed by atoms with Crippen molar-refractivity contribution in [2.75, 3.05) is 6.54 Å². The summed E-state index contributed by atoms with van der Waals surface area (Å²) in [5.74, 6) is 0.102. The van der Waals surface area contributed by atoms with Crippen LogP contribution >= 0.6 is 11.3 Å². The SMILES string of the molecule is Cc1ccccc1C=CC(=O)N1CCc2sccc2C1. The molecule has 0 N–H and O–H groups in total. The molecule has 0 spiro atoms.